The number of hydrogen-bond acceptors (Lipinski definition) is 6. The normalized spacial score (nSPS) is 20.6. The number of fused-ring (bicyclic) bond motifs is 3. The smallest absolute Gasteiger partial charge is 0.407 e. The highest BCUT2D eigenvalue weighted by molar-refractivity contribution is 5.88. The quantitative estimate of drug-likeness (QED) is 0.356. The van der Waals surface area contributed by atoms with Gasteiger partial charge in [-0.05, 0) is 46.6 Å². The number of benzene rings is 3. The Morgan fingerprint density at radius 3 is 2.14 bits per heavy atom. The molecule has 6 rings (SSSR count). The Labute approximate surface area is 252 Å². The van der Waals surface area contributed by atoms with Gasteiger partial charge < -0.3 is 25.4 Å². The lowest BCUT2D eigenvalue weighted by atomic mass is 9.83. The van der Waals surface area contributed by atoms with Gasteiger partial charge in [0.25, 0.3) is 0 Å². The Balaban J connectivity index is 1.11. The molecule has 3 N–H and O–H groups in total. The summed E-state index contributed by atoms with van der Waals surface area (Å²) in [5.41, 5.74) is 11.9. The van der Waals surface area contributed by atoms with E-state index >= 15 is 0 Å². The molecule has 3 atom stereocenters. The summed E-state index contributed by atoms with van der Waals surface area (Å²) in [6.45, 7) is 0.468. The Morgan fingerprint density at radius 1 is 0.837 bits per heavy atom. The van der Waals surface area contributed by atoms with Crippen molar-refractivity contribution in [1.29, 1.82) is 0 Å². The fourth-order valence-electron chi connectivity index (χ4n) is 6.93. The molecular formula is C35H39N3O5. The Morgan fingerprint density at radius 2 is 1.47 bits per heavy atom. The van der Waals surface area contributed by atoms with Crippen LogP contribution in [-0.2, 0) is 25.7 Å². The van der Waals surface area contributed by atoms with E-state index in [1.165, 1.54) is 4.90 Å². The van der Waals surface area contributed by atoms with Crippen LogP contribution in [0.25, 0.3) is 11.1 Å². The molecule has 43 heavy (non-hydrogen) atoms. The topological polar surface area (TPSA) is 111 Å². The van der Waals surface area contributed by atoms with Gasteiger partial charge in [0, 0.05) is 18.9 Å². The van der Waals surface area contributed by atoms with Crippen molar-refractivity contribution in [3.8, 4) is 11.1 Å². The summed E-state index contributed by atoms with van der Waals surface area (Å²) in [6, 6.07) is 23.8. The van der Waals surface area contributed by atoms with Crippen molar-refractivity contribution in [3.05, 3.63) is 95.6 Å². The molecule has 0 radical (unpaired) electrons. The molecule has 8 nitrogen and oxygen atoms in total. The maximum atomic E-state index is 13.6. The summed E-state index contributed by atoms with van der Waals surface area (Å²) < 4.78 is 11.4. The lowest BCUT2D eigenvalue weighted by molar-refractivity contribution is -0.155. The van der Waals surface area contributed by atoms with Crippen molar-refractivity contribution >= 4 is 18.0 Å². The number of amides is 2. The molecule has 0 bridgehead atoms. The number of nitrogens with zero attached hydrogens (tertiary/aromatic N) is 1. The number of rotatable bonds is 8. The molecule has 0 aromatic heterocycles. The van der Waals surface area contributed by atoms with Gasteiger partial charge in [0.05, 0.1) is 12.1 Å². The van der Waals surface area contributed by atoms with E-state index in [0.29, 0.717) is 0 Å². The third-order valence-electron chi connectivity index (χ3n) is 9.19. The first-order valence-electron chi connectivity index (χ1n) is 15.4. The first kappa shape index (κ1) is 28.9. The molecule has 0 unspecified atom stereocenters. The standard InChI is InChI=1S/C35H39N3O5/c36-32(24-13-5-2-6-14-24)33(39)38-20-25(19-31(38)34(40)42-21-23-11-3-1-4-12-23)37-35(41)43-22-30-28-17-9-7-15-26(28)27-16-8-10-18-29(27)30/h1,3-4,7-12,15-18,24-25,30-32H,2,5-6,13-14,19-22,36H2,(H,37,41)/t25-,31-,32-/m0/s1. The molecule has 2 fully saturated rings. The van der Waals surface area contributed by atoms with E-state index < -0.39 is 30.2 Å². The van der Waals surface area contributed by atoms with Gasteiger partial charge >= 0.3 is 12.1 Å². The monoisotopic (exact) mass is 581 g/mol. The molecule has 1 saturated heterocycles. The number of carbonyl (C=O) groups is 3. The van der Waals surface area contributed by atoms with Gasteiger partial charge in [-0.1, -0.05) is 98.1 Å². The van der Waals surface area contributed by atoms with Gasteiger partial charge in [-0.25, -0.2) is 9.59 Å². The Hall–Kier alpha value is -4.17. The van der Waals surface area contributed by atoms with Gasteiger partial charge in [-0.15, -0.1) is 0 Å². The third-order valence-corrected chi connectivity index (χ3v) is 9.19. The number of carbonyl (C=O) groups excluding carboxylic acids is 3. The molecule has 3 aromatic carbocycles. The fourth-order valence-corrected chi connectivity index (χ4v) is 6.93. The molecule has 2 aliphatic carbocycles. The number of alkyl carbamates (subject to hydrolysis) is 1. The first-order chi connectivity index (χ1) is 21.0. The van der Waals surface area contributed by atoms with E-state index in [0.717, 1.165) is 59.9 Å². The molecule has 224 valence electrons. The molecular weight excluding hydrogens is 542 g/mol. The summed E-state index contributed by atoms with van der Waals surface area (Å²) in [4.78, 5) is 41.5. The van der Waals surface area contributed by atoms with Gasteiger partial charge in [-0.3, -0.25) is 4.79 Å². The lowest BCUT2D eigenvalue weighted by Gasteiger charge is -2.31. The Kier molecular flexibility index (Phi) is 8.74. The van der Waals surface area contributed by atoms with E-state index in [1.807, 2.05) is 54.6 Å². The van der Waals surface area contributed by atoms with Crippen LogP contribution in [0.3, 0.4) is 0 Å². The van der Waals surface area contributed by atoms with Crippen molar-refractivity contribution in [1.82, 2.24) is 10.2 Å². The molecule has 0 spiro atoms. The van der Waals surface area contributed by atoms with Crippen LogP contribution >= 0.6 is 0 Å². The van der Waals surface area contributed by atoms with Gasteiger partial charge in [-0.2, -0.15) is 0 Å². The van der Waals surface area contributed by atoms with Crippen LogP contribution in [0.5, 0.6) is 0 Å². The van der Waals surface area contributed by atoms with Gasteiger partial charge in [0.1, 0.15) is 19.3 Å². The molecule has 1 aliphatic heterocycles. The van der Waals surface area contributed by atoms with Gasteiger partial charge in [0.2, 0.25) is 5.91 Å². The third kappa shape index (κ3) is 6.30. The molecule has 3 aliphatic rings. The number of esters is 1. The summed E-state index contributed by atoms with van der Waals surface area (Å²) in [7, 11) is 0. The average molecular weight is 582 g/mol. The zero-order valence-corrected chi connectivity index (χ0v) is 24.3. The van der Waals surface area contributed by atoms with Crippen LogP contribution in [-0.4, -0.2) is 54.1 Å². The molecule has 8 heteroatoms. The average Bonchev–Trinajstić information content (AvgIpc) is 3.62. The second kappa shape index (κ2) is 13.0. The van der Waals surface area contributed by atoms with Crippen molar-refractivity contribution in [2.75, 3.05) is 13.2 Å². The van der Waals surface area contributed by atoms with Crippen LogP contribution in [0.1, 0.15) is 61.1 Å². The molecule has 1 saturated carbocycles. The minimum Gasteiger partial charge on any atom is -0.459 e. The van der Waals surface area contributed by atoms with E-state index in [2.05, 4.69) is 29.6 Å². The molecule has 3 aromatic rings. The maximum absolute atomic E-state index is 13.6. The SMILES string of the molecule is N[C@H](C(=O)N1C[C@@H](NC(=O)OCC2c3ccccc3-c3ccccc32)C[C@H]1C(=O)OCc1ccccc1)C1CCCCC1. The summed E-state index contributed by atoms with van der Waals surface area (Å²) in [6.07, 6.45) is 4.74. The van der Waals surface area contributed by atoms with Crippen molar-refractivity contribution in [2.24, 2.45) is 11.7 Å². The number of ether oxygens (including phenoxy) is 2. The van der Waals surface area contributed by atoms with Crippen LogP contribution in [0, 0.1) is 5.92 Å². The van der Waals surface area contributed by atoms with Crippen LogP contribution in [0.15, 0.2) is 78.9 Å². The van der Waals surface area contributed by atoms with Crippen LogP contribution in [0.2, 0.25) is 0 Å². The molecule has 2 amide bonds. The minimum absolute atomic E-state index is 0.0611. The second-order valence-electron chi connectivity index (χ2n) is 11.9. The molecule has 1 heterocycles. The van der Waals surface area contributed by atoms with E-state index in [9.17, 15) is 14.4 Å². The highest BCUT2D eigenvalue weighted by atomic mass is 16.5. The minimum atomic E-state index is -0.829. The summed E-state index contributed by atoms with van der Waals surface area (Å²) in [5, 5.41) is 2.91. The zero-order chi connectivity index (χ0) is 29.8. The number of hydrogen-bond donors (Lipinski definition) is 2. The summed E-state index contributed by atoms with van der Waals surface area (Å²) in [5.74, 6) is -0.722. The summed E-state index contributed by atoms with van der Waals surface area (Å²) >= 11 is 0. The van der Waals surface area contributed by atoms with Crippen LogP contribution in [0.4, 0.5) is 4.79 Å². The zero-order valence-electron chi connectivity index (χ0n) is 24.3. The lowest BCUT2D eigenvalue weighted by Crippen LogP contribution is -2.52. The maximum Gasteiger partial charge on any atom is 0.407 e. The van der Waals surface area contributed by atoms with Crippen molar-refractivity contribution in [2.45, 2.75) is 69.2 Å². The predicted molar refractivity (Wildman–Crippen MR) is 163 cm³/mol. The first-order valence-corrected chi connectivity index (χ1v) is 15.4. The fraction of sp³-hybridized carbons (Fsp3) is 0.400. The second-order valence-corrected chi connectivity index (χ2v) is 11.9. The highest BCUT2D eigenvalue weighted by Gasteiger charge is 2.44. The number of nitrogens with two attached hydrogens (primary N) is 1. The van der Waals surface area contributed by atoms with E-state index in [1.54, 1.807) is 0 Å². The van der Waals surface area contributed by atoms with Crippen LogP contribution < -0.4 is 11.1 Å². The highest BCUT2D eigenvalue weighted by Crippen LogP contribution is 2.44. The van der Waals surface area contributed by atoms with Crippen molar-refractivity contribution < 1.29 is 23.9 Å². The predicted octanol–water partition coefficient (Wildman–Crippen LogP) is 5.15. The van der Waals surface area contributed by atoms with Crippen molar-refractivity contribution in [3.63, 3.8) is 0 Å². The van der Waals surface area contributed by atoms with E-state index in [4.69, 9.17) is 15.2 Å². The largest absolute Gasteiger partial charge is 0.459 e. The number of nitrogens with one attached hydrogen (secondary N) is 1. The number of likely N-dealkylation sites (tertiary alicyclic amines) is 1. The Bertz CT molecular complexity index is 1410. The van der Waals surface area contributed by atoms with Gasteiger partial charge in [0.15, 0.2) is 0 Å². The van der Waals surface area contributed by atoms with E-state index in [-0.39, 0.29) is 43.9 Å².